The number of halogens is 3. The summed E-state index contributed by atoms with van der Waals surface area (Å²) in [6.45, 7) is 1.53. The van der Waals surface area contributed by atoms with E-state index in [-0.39, 0.29) is 12.1 Å². The second kappa shape index (κ2) is 3.38. The summed E-state index contributed by atoms with van der Waals surface area (Å²) in [4.78, 5) is 0. The third-order valence-electron chi connectivity index (χ3n) is 1.79. The minimum Gasteiger partial charge on any atom is -0.326 e. The fourth-order valence-corrected chi connectivity index (χ4v) is 1.13. The Hall–Kier alpha value is -1.03. The Balaban J connectivity index is 3.24. The molecule has 0 atom stereocenters. The zero-order valence-corrected chi connectivity index (χ0v) is 7.15. The maximum absolute atomic E-state index is 12.4. The van der Waals surface area contributed by atoms with Crippen molar-refractivity contribution in [3.05, 3.63) is 34.9 Å². The van der Waals surface area contributed by atoms with Crippen molar-refractivity contribution in [2.75, 3.05) is 0 Å². The summed E-state index contributed by atoms with van der Waals surface area (Å²) in [6.07, 6.45) is -4.30. The van der Waals surface area contributed by atoms with Crippen LogP contribution in [-0.4, -0.2) is 0 Å². The van der Waals surface area contributed by atoms with Gasteiger partial charge in [0.1, 0.15) is 0 Å². The first kappa shape index (κ1) is 10.1. The number of hydrogen-bond donors (Lipinski definition) is 1. The second-order valence-electron chi connectivity index (χ2n) is 2.86. The van der Waals surface area contributed by atoms with Crippen LogP contribution in [-0.2, 0) is 12.7 Å². The zero-order valence-electron chi connectivity index (χ0n) is 7.15. The van der Waals surface area contributed by atoms with Gasteiger partial charge in [0, 0.05) is 6.54 Å². The van der Waals surface area contributed by atoms with Gasteiger partial charge in [-0.3, -0.25) is 0 Å². The highest BCUT2D eigenvalue weighted by atomic mass is 19.4. The quantitative estimate of drug-likeness (QED) is 0.721. The Morgan fingerprint density at radius 1 is 1.31 bits per heavy atom. The van der Waals surface area contributed by atoms with Crippen molar-refractivity contribution >= 4 is 0 Å². The van der Waals surface area contributed by atoms with Crippen LogP contribution in [0.25, 0.3) is 0 Å². The number of nitrogens with two attached hydrogens (primary N) is 1. The van der Waals surface area contributed by atoms with Crippen molar-refractivity contribution in [2.45, 2.75) is 19.6 Å². The van der Waals surface area contributed by atoms with Crippen LogP contribution in [0.3, 0.4) is 0 Å². The van der Waals surface area contributed by atoms with Gasteiger partial charge in [-0.1, -0.05) is 17.7 Å². The Morgan fingerprint density at radius 3 is 2.38 bits per heavy atom. The fraction of sp³-hybridized carbons (Fsp3) is 0.333. The molecule has 0 heterocycles. The number of aryl methyl sites for hydroxylation is 1. The van der Waals surface area contributed by atoms with E-state index in [9.17, 15) is 13.2 Å². The number of hydrogen-bond acceptors (Lipinski definition) is 1. The van der Waals surface area contributed by atoms with Crippen LogP contribution in [0, 0.1) is 6.92 Å². The summed E-state index contributed by atoms with van der Waals surface area (Å²) in [7, 11) is 0. The highest BCUT2D eigenvalue weighted by Gasteiger charge is 2.32. The average Bonchev–Trinajstić information content (AvgIpc) is 2.03. The summed E-state index contributed by atoms with van der Waals surface area (Å²) in [5.41, 5.74) is 5.29. The van der Waals surface area contributed by atoms with E-state index in [0.717, 1.165) is 6.07 Å². The normalized spacial score (nSPS) is 11.8. The van der Waals surface area contributed by atoms with Crippen LogP contribution in [0.5, 0.6) is 0 Å². The minimum atomic E-state index is -4.30. The zero-order chi connectivity index (χ0) is 10.1. The first-order chi connectivity index (χ1) is 5.95. The van der Waals surface area contributed by atoms with Crippen molar-refractivity contribution in [3.63, 3.8) is 0 Å². The van der Waals surface area contributed by atoms with Gasteiger partial charge in [0.15, 0.2) is 0 Å². The van der Waals surface area contributed by atoms with Gasteiger partial charge >= 0.3 is 6.18 Å². The van der Waals surface area contributed by atoms with E-state index in [1.54, 1.807) is 13.0 Å². The molecule has 1 aromatic carbocycles. The van der Waals surface area contributed by atoms with Crippen LogP contribution in [0.4, 0.5) is 13.2 Å². The summed E-state index contributed by atoms with van der Waals surface area (Å²) < 4.78 is 37.1. The molecule has 0 bridgehead atoms. The van der Waals surface area contributed by atoms with E-state index < -0.39 is 11.7 Å². The molecule has 0 aliphatic carbocycles. The van der Waals surface area contributed by atoms with Crippen molar-refractivity contribution in [1.82, 2.24) is 0 Å². The molecule has 0 aliphatic rings. The van der Waals surface area contributed by atoms with Crippen molar-refractivity contribution in [3.8, 4) is 0 Å². The predicted molar refractivity (Wildman–Crippen MR) is 44.1 cm³/mol. The van der Waals surface area contributed by atoms with E-state index in [2.05, 4.69) is 0 Å². The molecule has 0 radical (unpaired) electrons. The van der Waals surface area contributed by atoms with Crippen LogP contribution < -0.4 is 5.73 Å². The van der Waals surface area contributed by atoms with Gasteiger partial charge in [0.05, 0.1) is 5.56 Å². The van der Waals surface area contributed by atoms with Crippen molar-refractivity contribution in [1.29, 1.82) is 0 Å². The number of rotatable bonds is 1. The topological polar surface area (TPSA) is 26.0 Å². The molecule has 1 rings (SSSR count). The molecule has 0 aromatic heterocycles. The SMILES string of the molecule is Cc1ccc(CN)c(C(F)(F)F)c1. The van der Waals surface area contributed by atoms with Gasteiger partial charge in [-0.15, -0.1) is 0 Å². The van der Waals surface area contributed by atoms with E-state index in [1.807, 2.05) is 0 Å². The fourth-order valence-electron chi connectivity index (χ4n) is 1.13. The second-order valence-corrected chi connectivity index (χ2v) is 2.86. The van der Waals surface area contributed by atoms with Crippen molar-refractivity contribution in [2.24, 2.45) is 5.73 Å². The summed E-state index contributed by atoms with van der Waals surface area (Å²) >= 11 is 0. The molecule has 13 heavy (non-hydrogen) atoms. The van der Waals surface area contributed by atoms with Gasteiger partial charge in [-0.25, -0.2) is 0 Å². The van der Waals surface area contributed by atoms with Crippen LogP contribution in [0.15, 0.2) is 18.2 Å². The lowest BCUT2D eigenvalue weighted by Crippen LogP contribution is -2.12. The lowest BCUT2D eigenvalue weighted by atomic mass is 10.0. The monoisotopic (exact) mass is 189 g/mol. The highest BCUT2D eigenvalue weighted by molar-refractivity contribution is 5.33. The Bertz CT molecular complexity index is 304. The first-order valence-corrected chi connectivity index (χ1v) is 3.82. The standard InChI is InChI=1S/C9H10F3N/c1-6-2-3-7(5-13)8(4-6)9(10,11)12/h2-4H,5,13H2,1H3. The van der Waals surface area contributed by atoms with E-state index >= 15 is 0 Å². The average molecular weight is 189 g/mol. The minimum absolute atomic E-state index is 0.0882. The summed E-state index contributed by atoms with van der Waals surface area (Å²) in [5, 5.41) is 0. The smallest absolute Gasteiger partial charge is 0.326 e. The molecule has 0 amide bonds. The first-order valence-electron chi connectivity index (χ1n) is 3.82. The van der Waals surface area contributed by atoms with Crippen LogP contribution >= 0.6 is 0 Å². The van der Waals surface area contributed by atoms with Gasteiger partial charge in [0.25, 0.3) is 0 Å². The molecule has 0 unspecified atom stereocenters. The van der Waals surface area contributed by atoms with Crippen LogP contribution in [0.1, 0.15) is 16.7 Å². The summed E-state index contributed by atoms with van der Waals surface area (Å²) in [5.74, 6) is 0. The van der Waals surface area contributed by atoms with E-state index in [0.29, 0.717) is 5.56 Å². The third kappa shape index (κ3) is 2.21. The molecular weight excluding hydrogens is 179 g/mol. The molecular formula is C9H10F3N. The van der Waals surface area contributed by atoms with Crippen molar-refractivity contribution < 1.29 is 13.2 Å². The third-order valence-corrected chi connectivity index (χ3v) is 1.79. The van der Waals surface area contributed by atoms with E-state index in [1.165, 1.54) is 6.07 Å². The van der Waals surface area contributed by atoms with Crippen LogP contribution in [0.2, 0.25) is 0 Å². The molecule has 0 saturated carbocycles. The molecule has 2 N–H and O–H groups in total. The predicted octanol–water partition coefficient (Wildman–Crippen LogP) is 2.47. The molecule has 0 aliphatic heterocycles. The van der Waals surface area contributed by atoms with Gasteiger partial charge in [-0.05, 0) is 18.6 Å². The Morgan fingerprint density at radius 2 is 1.92 bits per heavy atom. The molecule has 72 valence electrons. The maximum Gasteiger partial charge on any atom is 0.416 e. The largest absolute Gasteiger partial charge is 0.416 e. The maximum atomic E-state index is 12.4. The van der Waals surface area contributed by atoms with Gasteiger partial charge in [-0.2, -0.15) is 13.2 Å². The highest BCUT2D eigenvalue weighted by Crippen LogP contribution is 2.32. The molecule has 0 spiro atoms. The number of alkyl halides is 3. The molecule has 1 nitrogen and oxygen atoms in total. The lowest BCUT2D eigenvalue weighted by Gasteiger charge is -2.11. The van der Waals surface area contributed by atoms with Gasteiger partial charge in [0.2, 0.25) is 0 Å². The molecule has 0 fully saturated rings. The molecule has 1 aromatic rings. The molecule has 0 saturated heterocycles. The van der Waals surface area contributed by atoms with E-state index in [4.69, 9.17) is 5.73 Å². The Kier molecular flexibility index (Phi) is 2.61. The summed E-state index contributed by atoms with van der Waals surface area (Å²) in [6, 6.07) is 4.15. The number of benzene rings is 1. The molecule has 4 heteroatoms. The Labute approximate surface area is 74.4 Å². The van der Waals surface area contributed by atoms with Gasteiger partial charge < -0.3 is 5.73 Å². The lowest BCUT2D eigenvalue weighted by molar-refractivity contribution is -0.138.